The fraction of sp³-hybridized carbons (Fsp3) is 0.455. The Morgan fingerprint density at radius 1 is 1.58 bits per heavy atom. The summed E-state index contributed by atoms with van der Waals surface area (Å²) in [4.78, 5) is 15.5. The number of sulfonamides is 1. The van der Waals surface area contributed by atoms with Gasteiger partial charge >= 0.3 is 0 Å². The molecule has 0 bridgehead atoms. The minimum absolute atomic E-state index is 0.0586. The number of hydrogen-bond acceptors (Lipinski definition) is 4. The van der Waals surface area contributed by atoms with Crippen LogP contribution in [0.5, 0.6) is 0 Å². The highest BCUT2D eigenvalue weighted by Crippen LogP contribution is 2.26. The first kappa shape index (κ1) is 14.2. The number of nitrogens with zero attached hydrogens (tertiary/aromatic N) is 2. The van der Waals surface area contributed by atoms with E-state index in [0.29, 0.717) is 19.4 Å². The highest BCUT2D eigenvalue weighted by atomic mass is 35.5. The van der Waals surface area contributed by atoms with Crippen molar-refractivity contribution in [3.8, 4) is 0 Å². The predicted octanol–water partition coefficient (Wildman–Crippen LogP) is 0.634. The molecule has 1 unspecified atom stereocenters. The minimum Gasteiger partial charge on any atom is -0.358 e. The minimum atomic E-state index is -3.72. The maximum Gasteiger partial charge on any atom is 0.243 e. The Morgan fingerprint density at radius 3 is 2.95 bits per heavy atom. The number of pyridine rings is 1. The maximum absolute atomic E-state index is 12.5. The Labute approximate surface area is 116 Å². The van der Waals surface area contributed by atoms with Crippen molar-refractivity contribution < 1.29 is 13.2 Å². The van der Waals surface area contributed by atoms with E-state index in [0.717, 1.165) is 0 Å². The molecule has 1 N–H and O–H groups in total. The Kier molecular flexibility index (Phi) is 4.07. The highest BCUT2D eigenvalue weighted by molar-refractivity contribution is 7.89. The summed E-state index contributed by atoms with van der Waals surface area (Å²) >= 11 is 5.71. The van der Waals surface area contributed by atoms with E-state index in [4.69, 9.17) is 11.6 Å². The van der Waals surface area contributed by atoms with E-state index >= 15 is 0 Å². The molecule has 0 spiro atoms. The zero-order chi connectivity index (χ0) is 14.0. The van der Waals surface area contributed by atoms with Crippen molar-refractivity contribution in [3.05, 3.63) is 23.5 Å². The Morgan fingerprint density at radius 2 is 2.32 bits per heavy atom. The van der Waals surface area contributed by atoms with Gasteiger partial charge < -0.3 is 5.32 Å². The number of likely N-dealkylation sites (N-methyl/N-ethyl adjacent to an activating group) is 1. The molecule has 0 saturated carbocycles. The molecule has 1 aromatic rings. The molecule has 0 aliphatic carbocycles. The van der Waals surface area contributed by atoms with Gasteiger partial charge in [-0.05, 0) is 25.0 Å². The number of carbonyl (C=O) groups excluding carboxylic acids is 1. The summed E-state index contributed by atoms with van der Waals surface area (Å²) in [5, 5.41) is 2.60. The summed E-state index contributed by atoms with van der Waals surface area (Å²) in [5.74, 6) is -0.291. The van der Waals surface area contributed by atoms with Crippen molar-refractivity contribution in [3.63, 3.8) is 0 Å². The maximum atomic E-state index is 12.5. The van der Waals surface area contributed by atoms with Gasteiger partial charge in [-0.2, -0.15) is 4.31 Å². The van der Waals surface area contributed by atoms with Crippen LogP contribution in [-0.2, 0) is 14.8 Å². The molecule has 1 atom stereocenters. The van der Waals surface area contributed by atoms with Crippen LogP contribution < -0.4 is 5.32 Å². The van der Waals surface area contributed by atoms with Crippen LogP contribution in [0.4, 0.5) is 0 Å². The van der Waals surface area contributed by atoms with Gasteiger partial charge in [0.1, 0.15) is 11.2 Å². The van der Waals surface area contributed by atoms with Crippen LogP contribution in [0.15, 0.2) is 23.2 Å². The first-order valence-corrected chi connectivity index (χ1v) is 7.63. The Balaban J connectivity index is 2.36. The van der Waals surface area contributed by atoms with Crippen LogP contribution in [-0.4, -0.2) is 43.2 Å². The van der Waals surface area contributed by atoms with Crippen LogP contribution in [0.3, 0.4) is 0 Å². The smallest absolute Gasteiger partial charge is 0.243 e. The van der Waals surface area contributed by atoms with E-state index in [1.54, 1.807) is 0 Å². The van der Waals surface area contributed by atoms with Crippen LogP contribution in [0, 0.1) is 0 Å². The second kappa shape index (κ2) is 5.44. The standard InChI is InChI=1S/C11H14ClN3O3S/c1-13-11(16)9-3-2-6-15(9)19(17,18)8-4-5-14-10(12)7-8/h4-5,7,9H,2-3,6H2,1H3,(H,13,16). The number of hydrogen-bond donors (Lipinski definition) is 1. The summed E-state index contributed by atoms with van der Waals surface area (Å²) in [5.41, 5.74) is 0. The third-order valence-electron chi connectivity index (χ3n) is 3.06. The van der Waals surface area contributed by atoms with Gasteiger partial charge in [-0.15, -0.1) is 0 Å². The zero-order valence-electron chi connectivity index (χ0n) is 10.3. The van der Waals surface area contributed by atoms with Gasteiger partial charge in [0.25, 0.3) is 0 Å². The van der Waals surface area contributed by atoms with Gasteiger partial charge in [0.2, 0.25) is 15.9 Å². The number of carbonyl (C=O) groups is 1. The topological polar surface area (TPSA) is 79.4 Å². The second-order valence-electron chi connectivity index (χ2n) is 4.20. The molecule has 1 aromatic heterocycles. The predicted molar refractivity (Wildman–Crippen MR) is 70.2 cm³/mol. The largest absolute Gasteiger partial charge is 0.358 e. The van der Waals surface area contributed by atoms with E-state index in [1.807, 2.05) is 0 Å². The van der Waals surface area contributed by atoms with Crippen molar-refractivity contribution in [2.75, 3.05) is 13.6 Å². The number of nitrogens with one attached hydrogen (secondary N) is 1. The molecule has 2 heterocycles. The lowest BCUT2D eigenvalue weighted by molar-refractivity contribution is -0.123. The molecule has 2 rings (SSSR count). The van der Waals surface area contributed by atoms with Crippen molar-refractivity contribution in [2.45, 2.75) is 23.8 Å². The third-order valence-corrected chi connectivity index (χ3v) is 5.17. The summed E-state index contributed by atoms with van der Waals surface area (Å²) < 4.78 is 26.2. The number of halogens is 1. The summed E-state index contributed by atoms with van der Waals surface area (Å²) in [6, 6.07) is 2.01. The molecule has 1 saturated heterocycles. The average Bonchev–Trinajstić information content (AvgIpc) is 2.87. The Hall–Kier alpha value is -1.18. The van der Waals surface area contributed by atoms with Crippen LogP contribution in [0.1, 0.15) is 12.8 Å². The van der Waals surface area contributed by atoms with Gasteiger partial charge in [-0.3, -0.25) is 4.79 Å². The summed E-state index contributed by atoms with van der Waals surface area (Å²) in [7, 11) is -2.22. The monoisotopic (exact) mass is 303 g/mol. The average molecular weight is 304 g/mol. The summed E-state index contributed by atoms with van der Waals surface area (Å²) in [6.07, 6.45) is 2.52. The van der Waals surface area contributed by atoms with Crippen LogP contribution in [0.2, 0.25) is 5.15 Å². The van der Waals surface area contributed by atoms with Gasteiger partial charge in [0.15, 0.2) is 0 Å². The van der Waals surface area contributed by atoms with Crippen LogP contribution >= 0.6 is 11.6 Å². The molecule has 0 aromatic carbocycles. The fourth-order valence-corrected chi connectivity index (χ4v) is 4.05. The number of aromatic nitrogens is 1. The van der Waals surface area contributed by atoms with Crippen molar-refractivity contribution >= 4 is 27.5 Å². The molecule has 0 radical (unpaired) electrons. The third kappa shape index (κ3) is 2.72. The second-order valence-corrected chi connectivity index (χ2v) is 6.48. The lowest BCUT2D eigenvalue weighted by Gasteiger charge is -2.22. The lowest BCUT2D eigenvalue weighted by Crippen LogP contribution is -2.44. The molecule has 19 heavy (non-hydrogen) atoms. The van der Waals surface area contributed by atoms with Crippen molar-refractivity contribution in [1.82, 2.24) is 14.6 Å². The SMILES string of the molecule is CNC(=O)C1CCCN1S(=O)(=O)c1ccnc(Cl)c1. The van der Waals surface area contributed by atoms with E-state index in [2.05, 4.69) is 10.3 Å². The summed E-state index contributed by atoms with van der Waals surface area (Å²) in [6.45, 7) is 0.334. The first-order valence-electron chi connectivity index (χ1n) is 5.82. The normalized spacial score (nSPS) is 20.4. The molecule has 6 nitrogen and oxygen atoms in total. The molecule has 1 fully saturated rings. The first-order chi connectivity index (χ1) is 8.96. The van der Waals surface area contributed by atoms with Crippen LogP contribution in [0.25, 0.3) is 0 Å². The molecule has 104 valence electrons. The van der Waals surface area contributed by atoms with Gasteiger partial charge in [0, 0.05) is 19.8 Å². The molecular formula is C11H14ClN3O3S. The molecule has 1 aliphatic heterocycles. The number of rotatable bonds is 3. The van der Waals surface area contributed by atoms with E-state index in [9.17, 15) is 13.2 Å². The van der Waals surface area contributed by atoms with E-state index in [1.165, 1.54) is 29.7 Å². The zero-order valence-corrected chi connectivity index (χ0v) is 11.9. The molecule has 8 heteroatoms. The highest BCUT2D eigenvalue weighted by Gasteiger charge is 2.39. The quantitative estimate of drug-likeness (QED) is 0.831. The van der Waals surface area contributed by atoms with E-state index < -0.39 is 16.1 Å². The molecule has 1 aliphatic rings. The van der Waals surface area contributed by atoms with Crippen molar-refractivity contribution in [1.29, 1.82) is 0 Å². The molecule has 1 amide bonds. The molecular weight excluding hydrogens is 290 g/mol. The fourth-order valence-electron chi connectivity index (χ4n) is 2.14. The number of amides is 1. The van der Waals surface area contributed by atoms with Gasteiger partial charge in [0.05, 0.1) is 4.90 Å². The van der Waals surface area contributed by atoms with Gasteiger partial charge in [-0.25, -0.2) is 13.4 Å². The Bertz CT molecular complexity index is 591. The lowest BCUT2D eigenvalue weighted by atomic mass is 10.2. The van der Waals surface area contributed by atoms with E-state index in [-0.39, 0.29) is 16.0 Å². The van der Waals surface area contributed by atoms with Gasteiger partial charge in [-0.1, -0.05) is 11.6 Å². The van der Waals surface area contributed by atoms with Crippen molar-refractivity contribution in [2.24, 2.45) is 0 Å².